The van der Waals surface area contributed by atoms with Gasteiger partial charge in [0.2, 0.25) is 5.95 Å². The van der Waals surface area contributed by atoms with Gasteiger partial charge in [-0.25, -0.2) is 4.98 Å². The molecule has 8 heteroatoms. The Morgan fingerprint density at radius 3 is 2.26 bits per heavy atom. The summed E-state index contributed by atoms with van der Waals surface area (Å²) in [5.41, 5.74) is 2.85. The van der Waals surface area contributed by atoms with Crippen LogP contribution in [0.2, 0.25) is 10.0 Å². The molecular weight excluding hydrogens is 471 g/mol. The average Bonchev–Trinajstić information content (AvgIpc) is 2.83. The van der Waals surface area contributed by atoms with Crippen LogP contribution in [-0.4, -0.2) is 26.9 Å². The molecule has 1 N–H and O–H groups in total. The van der Waals surface area contributed by atoms with E-state index in [0.29, 0.717) is 46.6 Å². The normalized spacial score (nSPS) is 14.1. The van der Waals surface area contributed by atoms with Crippen LogP contribution in [0.1, 0.15) is 54.0 Å². The number of aromatic nitrogens is 2. The Morgan fingerprint density at radius 2 is 1.68 bits per heavy atom. The van der Waals surface area contributed by atoms with Gasteiger partial charge >= 0.3 is 0 Å². The lowest BCUT2D eigenvalue weighted by atomic mass is 9.96. The number of rotatable bonds is 6. The number of benzene rings is 2. The third-order valence-electron chi connectivity index (χ3n) is 6.19. The summed E-state index contributed by atoms with van der Waals surface area (Å²) in [5.74, 6) is 0.693. The van der Waals surface area contributed by atoms with E-state index < -0.39 is 0 Å². The molecule has 6 nitrogen and oxygen atoms in total. The Morgan fingerprint density at radius 1 is 1.06 bits per heavy atom. The number of hydrogen-bond donors (Lipinski definition) is 1. The quantitative estimate of drug-likeness (QED) is 0.481. The minimum Gasteiger partial charge on any atom is -0.348 e. The van der Waals surface area contributed by atoms with Crippen LogP contribution in [0.3, 0.4) is 0 Å². The van der Waals surface area contributed by atoms with Gasteiger partial charge in [0, 0.05) is 35.1 Å². The van der Waals surface area contributed by atoms with E-state index in [-0.39, 0.29) is 30.0 Å². The highest BCUT2D eigenvalue weighted by molar-refractivity contribution is 6.30. The van der Waals surface area contributed by atoms with Gasteiger partial charge in [-0.2, -0.15) is 0 Å². The van der Waals surface area contributed by atoms with E-state index in [4.69, 9.17) is 28.2 Å². The number of amides is 1. The third kappa shape index (κ3) is 4.98. The molecule has 2 aromatic carbocycles. The van der Waals surface area contributed by atoms with E-state index in [0.717, 1.165) is 11.3 Å². The maximum absolute atomic E-state index is 13.5. The highest BCUT2D eigenvalue weighted by atomic mass is 35.5. The lowest BCUT2D eigenvalue weighted by Gasteiger charge is -2.30. The Kier molecular flexibility index (Phi) is 7.29. The molecule has 1 aliphatic heterocycles. The smallest absolute Gasteiger partial charge is 0.260 e. The summed E-state index contributed by atoms with van der Waals surface area (Å²) < 4.78 is 1.65. The molecule has 178 valence electrons. The predicted octanol–water partition coefficient (Wildman–Crippen LogP) is 5.58. The van der Waals surface area contributed by atoms with Crippen LogP contribution >= 0.6 is 23.2 Å². The molecule has 0 saturated heterocycles. The first-order valence-electron chi connectivity index (χ1n) is 11.5. The Balaban J connectivity index is 1.64. The number of halogens is 2. The first-order chi connectivity index (χ1) is 16.3. The SMILES string of the molecule is CCn1c(NC(c2ccc(Cl)cc2)C(C)C)nc2c(c1=O)CN(C(=O)c1ccc(Cl)cc1)CC2. The molecule has 3 aromatic rings. The molecule has 1 amide bonds. The summed E-state index contributed by atoms with van der Waals surface area (Å²) in [5, 5.41) is 4.76. The Bertz CT molecular complexity index is 1240. The largest absolute Gasteiger partial charge is 0.348 e. The zero-order chi connectivity index (χ0) is 24.4. The van der Waals surface area contributed by atoms with Crippen molar-refractivity contribution in [2.24, 2.45) is 5.92 Å². The van der Waals surface area contributed by atoms with Crippen LogP contribution in [-0.2, 0) is 19.5 Å². The number of fused-ring (bicyclic) bond motifs is 1. The van der Waals surface area contributed by atoms with Crippen molar-refractivity contribution >= 4 is 35.1 Å². The van der Waals surface area contributed by atoms with Gasteiger partial charge in [-0.15, -0.1) is 0 Å². The molecule has 1 unspecified atom stereocenters. The van der Waals surface area contributed by atoms with Crippen LogP contribution in [0.25, 0.3) is 0 Å². The molecule has 0 spiro atoms. The van der Waals surface area contributed by atoms with Crippen molar-refractivity contribution in [2.45, 2.75) is 46.3 Å². The average molecular weight is 499 g/mol. The standard InChI is InChI=1S/C26H28Cl2N4O2/c1-4-32-25(34)21-15-31(24(33)18-7-11-20(28)12-8-18)14-13-22(21)29-26(32)30-23(16(2)3)17-5-9-19(27)10-6-17/h5-12,16,23H,4,13-15H2,1-3H3,(H,29,30). The Labute approximate surface area is 209 Å². The topological polar surface area (TPSA) is 67.2 Å². The Hall–Kier alpha value is -2.83. The third-order valence-corrected chi connectivity index (χ3v) is 6.69. The molecule has 0 fully saturated rings. The van der Waals surface area contributed by atoms with Gasteiger partial charge in [0.15, 0.2) is 0 Å². The molecule has 1 aromatic heterocycles. The van der Waals surface area contributed by atoms with Crippen LogP contribution < -0.4 is 10.9 Å². The van der Waals surface area contributed by atoms with Crippen LogP contribution in [0.4, 0.5) is 5.95 Å². The number of carbonyl (C=O) groups excluding carboxylic acids is 1. The second-order valence-electron chi connectivity index (χ2n) is 8.81. The van der Waals surface area contributed by atoms with Gasteiger partial charge in [-0.3, -0.25) is 14.2 Å². The fourth-order valence-electron chi connectivity index (χ4n) is 4.31. The molecule has 0 aliphatic carbocycles. The highest BCUT2D eigenvalue weighted by Crippen LogP contribution is 2.28. The monoisotopic (exact) mass is 498 g/mol. The lowest BCUT2D eigenvalue weighted by Crippen LogP contribution is -2.41. The summed E-state index contributed by atoms with van der Waals surface area (Å²) in [4.78, 5) is 33.0. The van der Waals surface area contributed by atoms with Crippen molar-refractivity contribution in [1.82, 2.24) is 14.5 Å². The van der Waals surface area contributed by atoms with Gasteiger partial charge in [0.25, 0.3) is 11.5 Å². The van der Waals surface area contributed by atoms with Crippen molar-refractivity contribution in [3.63, 3.8) is 0 Å². The van der Waals surface area contributed by atoms with Crippen molar-refractivity contribution in [3.8, 4) is 0 Å². The predicted molar refractivity (Wildman–Crippen MR) is 137 cm³/mol. The molecule has 0 bridgehead atoms. The number of carbonyl (C=O) groups is 1. The van der Waals surface area contributed by atoms with Gasteiger partial charge < -0.3 is 10.2 Å². The fourth-order valence-corrected chi connectivity index (χ4v) is 4.56. The summed E-state index contributed by atoms with van der Waals surface area (Å²) in [6.07, 6.45) is 0.524. The maximum atomic E-state index is 13.5. The summed E-state index contributed by atoms with van der Waals surface area (Å²) in [6.45, 7) is 7.39. The first-order valence-corrected chi connectivity index (χ1v) is 12.2. The van der Waals surface area contributed by atoms with Crippen molar-refractivity contribution in [1.29, 1.82) is 0 Å². The van der Waals surface area contributed by atoms with Crippen LogP contribution in [0.5, 0.6) is 0 Å². The van der Waals surface area contributed by atoms with Gasteiger partial charge in [0.1, 0.15) is 0 Å². The van der Waals surface area contributed by atoms with E-state index in [1.54, 1.807) is 33.7 Å². The number of hydrogen-bond acceptors (Lipinski definition) is 4. The molecule has 34 heavy (non-hydrogen) atoms. The molecule has 1 aliphatic rings. The van der Waals surface area contributed by atoms with Crippen molar-refractivity contribution in [2.75, 3.05) is 11.9 Å². The van der Waals surface area contributed by atoms with E-state index in [1.807, 2.05) is 31.2 Å². The molecule has 1 atom stereocenters. The van der Waals surface area contributed by atoms with Gasteiger partial charge in [-0.05, 0) is 54.8 Å². The second kappa shape index (κ2) is 10.2. The van der Waals surface area contributed by atoms with Gasteiger partial charge in [0.05, 0.1) is 23.8 Å². The number of nitrogens with one attached hydrogen (secondary N) is 1. The highest BCUT2D eigenvalue weighted by Gasteiger charge is 2.28. The zero-order valence-electron chi connectivity index (χ0n) is 19.5. The minimum absolute atomic E-state index is 0.0356. The molecular formula is C26H28Cl2N4O2. The number of anilines is 1. The van der Waals surface area contributed by atoms with Crippen molar-refractivity contribution < 1.29 is 4.79 Å². The lowest BCUT2D eigenvalue weighted by molar-refractivity contribution is 0.0732. The molecule has 2 heterocycles. The van der Waals surface area contributed by atoms with E-state index in [9.17, 15) is 9.59 Å². The second-order valence-corrected chi connectivity index (χ2v) is 9.68. The molecule has 0 saturated carbocycles. The molecule has 0 radical (unpaired) electrons. The van der Waals surface area contributed by atoms with Crippen LogP contribution in [0, 0.1) is 5.92 Å². The molecule has 4 rings (SSSR count). The van der Waals surface area contributed by atoms with Crippen LogP contribution in [0.15, 0.2) is 53.3 Å². The minimum atomic E-state index is -0.116. The van der Waals surface area contributed by atoms with E-state index in [2.05, 4.69) is 19.2 Å². The first kappa shape index (κ1) is 24.3. The summed E-state index contributed by atoms with van der Waals surface area (Å²) >= 11 is 12.0. The fraction of sp³-hybridized carbons (Fsp3) is 0.346. The summed E-state index contributed by atoms with van der Waals surface area (Å²) in [6, 6.07) is 14.5. The van der Waals surface area contributed by atoms with Crippen molar-refractivity contribution in [3.05, 3.63) is 91.3 Å². The zero-order valence-corrected chi connectivity index (χ0v) is 21.0. The van der Waals surface area contributed by atoms with E-state index in [1.165, 1.54) is 0 Å². The van der Waals surface area contributed by atoms with E-state index >= 15 is 0 Å². The van der Waals surface area contributed by atoms with Gasteiger partial charge in [-0.1, -0.05) is 49.2 Å². The summed E-state index contributed by atoms with van der Waals surface area (Å²) in [7, 11) is 0. The maximum Gasteiger partial charge on any atom is 0.260 e. The number of nitrogens with zero attached hydrogens (tertiary/aromatic N) is 3.